The Kier molecular flexibility index (Phi) is 3.86. The molecule has 92 valence electrons. The molecule has 1 aliphatic heterocycles. The van der Waals surface area contributed by atoms with Crippen LogP contribution in [-0.4, -0.2) is 31.1 Å². The van der Waals surface area contributed by atoms with E-state index in [-0.39, 0.29) is 5.56 Å². The second kappa shape index (κ2) is 5.38. The van der Waals surface area contributed by atoms with Crippen molar-refractivity contribution in [3.8, 4) is 0 Å². The Morgan fingerprint density at radius 3 is 2.35 bits per heavy atom. The Balaban J connectivity index is 2.31. The van der Waals surface area contributed by atoms with E-state index in [1.807, 2.05) is 4.90 Å². The number of benzene rings is 1. The Labute approximate surface area is 99.9 Å². The standard InChI is InChI=1S/C13H16F2N2/c1-2-12(17-8-6-16-7-9-17)13-10(14)4-3-5-11(13)15/h2-5,12,16H,1,6-9H2/t12-/m1/s1. The maximum absolute atomic E-state index is 13.7. The number of piperazine rings is 1. The van der Waals surface area contributed by atoms with Gasteiger partial charge in [-0.25, -0.2) is 8.78 Å². The molecule has 2 nitrogen and oxygen atoms in total. The van der Waals surface area contributed by atoms with Gasteiger partial charge in [0.05, 0.1) is 6.04 Å². The summed E-state index contributed by atoms with van der Waals surface area (Å²) in [5.74, 6) is -1.01. The molecule has 1 saturated heterocycles. The maximum Gasteiger partial charge on any atom is 0.131 e. The third-order valence-corrected chi connectivity index (χ3v) is 3.06. The van der Waals surface area contributed by atoms with E-state index in [1.165, 1.54) is 18.2 Å². The average Bonchev–Trinajstić information content (AvgIpc) is 2.35. The lowest BCUT2D eigenvalue weighted by molar-refractivity contribution is 0.197. The molecule has 0 aromatic heterocycles. The summed E-state index contributed by atoms with van der Waals surface area (Å²) in [5, 5.41) is 3.21. The lowest BCUT2D eigenvalue weighted by Crippen LogP contribution is -2.45. The molecule has 1 N–H and O–H groups in total. The first-order chi connectivity index (χ1) is 8.24. The highest BCUT2D eigenvalue weighted by Crippen LogP contribution is 2.27. The number of rotatable bonds is 3. The fraction of sp³-hybridized carbons (Fsp3) is 0.385. The van der Waals surface area contributed by atoms with Crippen molar-refractivity contribution < 1.29 is 8.78 Å². The third kappa shape index (κ3) is 2.53. The number of halogens is 2. The molecule has 0 radical (unpaired) electrons. The van der Waals surface area contributed by atoms with E-state index in [4.69, 9.17) is 0 Å². The van der Waals surface area contributed by atoms with E-state index >= 15 is 0 Å². The lowest BCUT2D eigenvalue weighted by Gasteiger charge is -2.33. The van der Waals surface area contributed by atoms with Gasteiger partial charge in [-0.3, -0.25) is 4.90 Å². The topological polar surface area (TPSA) is 15.3 Å². The summed E-state index contributed by atoms with van der Waals surface area (Å²) < 4.78 is 27.4. The molecule has 0 saturated carbocycles. The molecular weight excluding hydrogens is 222 g/mol. The van der Waals surface area contributed by atoms with Crippen LogP contribution in [0.15, 0.2) is 30.9 Å². The van der Waals surface area contributed by atoms with Crippen LogP contribution in [0.1, 0.15) is 11.6 Å². The van der Waals surface area contributed by atoms with Gasteiger partial charge in [-0.05, 0) is 12.1 Å². The molecule has 1 heterocycles. The van der Waals surface area contributed by atoms with Crippen molar-refractivity contribution >= 4 is 0 Å². The minimum absolute atomic E-state index is 0.101. The van der Waals surface area contributed by atoms with Crippen LogP contribution in [0.25, 0.3) is 0 Å². The molecule has 4 heteroatoms. The first-order valence-corrected chi connectivity index (χ1v) is 5.75. The van der Waals surface area contributed by atoms with Crippen molar-refractivity contribution in [1.29, 1.82) is 0 Å². The van der Waals surface area contributed by atoms with E-state index in [2.05, 4.69) is 11.9 Å². The van der Waals surface area contributed by atoms with E-state index in [0.29, 0.717) is 0 Å². The summed E-state index contributed by atoms with van der Waals surface area (Å²) in [6.07, 6.45) is 1.60. The SMILES string of the molecule is C=C[C@H](c1c(F)cccc1F)N1CCNCC1. The van der Waals surface area contributed by atoms with Gasteiger partial charge < -0.3 is 5.32 Å². The van der Waals surface area contributed by atoms with Gasteiger partial charge in [0.2, 0.25) is 0 Å². The summed E-state index contributed by atoms with van der Waals surface area (Å²) in [5.41, 5.74) is 0.101. The third-order valence-electron chi connectivity index (χ3n) is 3.06. The van der Waals surface area contributed by atoms with Gasteiger partial charge >= 0.3 is 0 Å². The van der Waals surface area contributed by atoms with Gasteiger partial charge in [0.25, 0.3) is 0 Å². The van der Waals surface area contributed by atoms with Crippen molar-refractivity contribution in [2.45, 2.75) is 6.04 Å². The average molecular weight is 238 g/mol. The smallest absolute Gasteiger partial charge is 0.131 e. The van der Waals surface area contributed by atoms with E-state index in [9.17, 15) is 8.78 Å². The highest BCUT2D eigenvalue weighted by molar-refractivity contribution is 5.26. The first kappa shape index (κ1) is 12.2. The summed E-state index contributed by atoms with van der Waals surface area (Å²) in [6.45, 7) is 6.90. The number of nitrogens with zero attached hydrogens (tertiary/aromatic N) is 1. The normalized spacial score (nSPS) is 18.9. The minimum atomic E-state index is -0.506. The van der Waals surface area contributed by atoms with Crippen molar-refractivity contribution in [3.63, 3.8) is 0 Å². The quantitative estimate of drug-likeness (QED) is 0.811. The van der Waals surface area contributed by atoms with Crippen molar-refractivity contribution in [1.82, 2.24) is 10.2 Å². The fourth-order valence-electron chi connectivity index (χ4n) is 2.20. The van der Waals surface area contributed by atoms with Gasteiger partial charge in [-0.2, -0.15) is 0 Å². The molecule has 0 aliphatic carbocycles. The molecule has 17 heavy (non-hydrogen) atoms. The summed E-state index contributed by atoms with van der Waals surface area (Å²) in [7, 11) is 0. The Morgan fingerprint density at radius 1 is 1.24 bits per heavy atom. The zero-order valence-corrected chi connectivity index (χ0v) is 9.63. The highest BCUT2D eigenvalue weighted by atomic mass is 19.1. The Bertz CT molecular complexity index is 380. The molecule has 2 rings (SSSR count). The van der Waals surface area contributed by atoms with E-state index in [1.54, 1.807) is 6.08 Å². The second-order valence-electron chi connectivity index (χ2n) is 4.10. The van der Waals surface area contributed by atoms with Gasteiger partial charge in [-0.1, -0.05) is 12.1 Å². The molecule has 0 unspecified atom stereocenters. The van der Waals surface area contributed by atoms with Gasteiger partial charge in [0, 0.05) is 31.7 Å². The summed E-state index contributed by atoms with van der Waals surface area (Å²) in [4.78, 5) is 2.03. The van der Waals surface area contributed by atoms with Gasteiger partial charge in [-0.15, -0.1) is 6.58 Å². The van der Waals surface area contributed by atoms with Gasteiger partial charge in [0.15, 0.2) is 0 Å². The fourth-order valence-corrected chi connectivity index (χ4v) is 2.20. The summed E-state index contributed by atoms with van der Waals surface area (Å²) >= 11 is 0. The van der Waals surface area contributed by atoms with Crippen molar-refractivity contribution in [2.75, 3.05) is 26.2 Å². The maximum atomic E-state index is 13.7. The molecule has 1 aliphatic rings. The minimum Gasteiger partial charge on any atom is -0.314 e. The van der Waals surface area contributed by atoms with Crippen LogP contribution in [-0.2, 0) is 0 Å². The second-order valence-corrected chi connectivity index (χ2v) is 4.10. The van der Waals surface area contributed by atoms with Crippen molar-refractivity contribution in [2.24, 2.45) is 0 Å². The zero-order chi connectivity index (χ0) is 12.3. The predicted molar refractivity (Wildman–Crippen MR) is 63.7 cm³/mol. The molecule has 1 aromatic carbocycles. The van der Waals surface area contributed by atoms with Crippen LogP contribution in [0.4, 0.5) is 8.78 Å². The van der Waals surface area contributed by atoms with Crippen LogP contribution < -0.4 is 5.32 Å². The number of hydrogen-bond donors (Lipinski definition) is 1. The molecule has 1 atom stereocenters. The molecular formula is C13H16F2N2. The zero-order valence-electron chi connectivity index (χ0n) is 9.63. The van der Waals surface area contributed by atoms with Gasteiger partial charge in [0.1, 0.15) is 11.6 Å². The molecule has 1 fully saturated rings. The van der Waals surface area contributed by atoms with Crippen LogP contribution in [0.5, 0.6) is 0 Å². The van der Waals surface area contributed by atoms with E-state index < -0.39 is 17.7 Å². The van der Waals surface area contributed by atoms with Crippen molar-refractivity contribution in [3.05, 3.63) is 48.1 Å². The number of hydrogen-bond acceptors (Lipinski definition) is 2. The monoisotopic (exact) mass is 238 g/mol. The van der Waals surface area contributed by atoms with E-state index in [0.717, 1.165) is 26.2 Å². The largest absolute Gasteiger partial charge is 0.314 e. The van der Waals surface area contributed by atoms with Crippen LogP contribution >= 0.6 is 0 Å². The summed E-state index contributed by atoms with van der Waals surface area (Å²) in [6, 6.07) is 3.57. The molecule has 0 bridgehead atoms. The first-order valence-electron chi connectivity index (χ1n) is 5.75. The number of nitrogens with one attached hydrogen (secondary N) is 1. The molecule has 0 amide bonds. The lowest BCUT2D eigenvalue weighted by atomic mass is 10.0. The Morgan fingerprint density at radius 2 is 1.82 bits per heavy atom. The molecule has 0 spiro atoms. The predicted octanol–water partition coefficient (Wildman–Crippen LogP) is 2.10. The van der Waals surface area contributed by atoms with Crippen LogP contribution in [0, 0.1) is 11.6 Å². The Hall–Kier alpha value is -1.26. The highest BCUT2D eigenvalue weighted by Gasteiger charge is 2.24. The van der Waals surface area contributed by atoms with Crippen LogP contribution in [0.2, 0.25) is 0 Å². The van der Waals surface area contributed by atoms with Crippen LogP contribution in [0.3, 0.4) is 0 Å². The molecule has 1 aromatic rings.